The number of carbonyl (C=O) groups excluding carboxylic acids is 1. The van der Waals surface area contributed by atoms with Gasteiger partial charge in [0.05, 0.1) is 5.02 Å². The molecule has 4 nitrogen and oxygen atoms in total. The summed E-state index contributed by atoms with van der Waals surface area (Å²) in [5.41, 5.74) is 0.915. The minimum absolute atomic E-state index is 0.0867. The van der Waals surface area contributed by atoms with Gasteiger partial charge in [-0.1, -0.05) is 43.0 Å². The van der Waals surface area contributed by atoms with Gasteiger partial charge < -0.3 is 9.84 Å². The Labute approximate surface area is 151 Å². The highest BCUT2D eigenvalue weighted by molar-refractivity contribution is 6.45. The number of fused-ring (bicyclic) bond motifs is 1. The van der Waals surface area contributed by atoms with E-state index in [0.29, 0.717) is 17.9 Å². The Bertz CT molecular complexity index is 695. The number of carboxylic acids is 1. The minimum atomic E-state index is -1.09. The molecule has 0 saturated heterocycles. The molecule has 0 aromatic heterocycles. The summed E-state index contributed by atoms with van der Waals surface area (Å²) in [5.74, 6) is -0.397. The number of aliphatic carboxylic acids is 1. The summed E-state index contributed by atoms with van der Waals surface area (Å²) in [6, 6.07) is 1.69. The third-order valence-corrected chi connectivity index (χ3v) is 6.41. The fourth-order valence-electron chi connectivity index (χ4n) is 4.33. The molecule has 0 aliphatic heterocycles. The van der Waals surface area contributed by atoms with E-state index in [4.69, 9.17) is 33.0 Å². The largest absolute Gasteiger partial charge is 0.480 e. The number of ether oxygens (including phenoxy) is 1. The Kier molecular flexibility index (Phi) is 4.80. The third-order valence-electron chi connectivity index (χ3n) is 5.56. The van der Waals surface area contributed by atoms with Gasteiger partial charge in [0.15, 0.2) is 12.4 Å². The lowest BCUT2D eigenvalue weighted by atomic mass is 9.69. The second-order valence-electron chi connectivity index (χ2n) is 6.72. The van der Waals surface area contributed by atoms with Crippen molar-refractivity contribution in [3.05, 3.63) is 27.2 Å². The lowest BCUT2D eigenvalue weighted by Gasteiger charge is -2.32. The summed E-state index contributed by atoms with van der Waals surface area (Å²) in [6.45, 7) is 1.56. The predicted molar refractivity (Wildman–Crippen MR) is 92.3 cm³/mol. The standard InChI is InChI=1S/C18H20Cl2O4/c1-2-18(11-5-3-4-6-11)8-10-7-12(24-9-13(21)22)15(19)16(20)14(10)17(18)23/h7,11H,2-6,8-9H2,1H3,(H,21,22). The van der Waals surface area contributed by atoms with Crippen LogP contribution in [0.1, 0.15) is 54.9 Å². The van der Waals surface area contributed by atoms with Crippen LogP contribution < -0.4 is 4.74 Å². The van der Waals surface area contributed by atoms with Crippen LogP contribution in [0.25, 0.3) is 0 Å². The van der Waals surface area contributed by atoms with Gasteiger partial charge in [-0.05, 0) is 43.2 Å². The van der Waals surface area contributed by atoms with Gasteiger partial charge in [0, 0.05) is 11.0 Å². The number of hydrogen-bond donors (Lipinski definition) is 1. The lowest BCUT2D eigenvalue weighted by Crippen LogP contribution is -2.34. The zero-order valence-electron chi connectivity index (χ0n) is 13.5. The third kappa shape index (κ3) is 2.70. The first kappa shape index (κ1) is 17.6. The van der Waals surface area contributed by atoms with Gasteiger partial charge in [-0.15, -0.1) is 0 Å². The van der Waals surface area contributed by atoms with E-state index in [1.807, 2.05) is 0 Å². The summed E-state index contributed by atoms with van der Waals surface area (Å²) in [7, 11) is 0. The Morgan fingerprint density at radius 3 is 2.58 bits per heavy atom. The molecule has 0 radical (unpaired) electrons. The molecule has 2 aliphatic carbocycles. The van der Waals surface area contributed by atoms with E-state index in [0.717, 1.165) is 37.7 Å². The molecule has 6 heteroatoms. The monoisotopic (exact) mass is 370 g/mol. The molecule has 3 rings (SSSR count). The molecule has 1 saturated carbocycles. The predicted octanol–water partition coefficient (Wildman–Crippen LogP) is 4.78. The van der Waals surface area contributed by atoms with Crippen molar-refractivity contribution in [1.29, 1.82) is 0 Å². The number of carboxylic acid groups (broad SMARTS) is 1. The fraction of sp³-hybridized carbons (Fsp3) is 0.556. The Hall–Kier alpha value is -1.26. The van der Waals surface area contributed by atoms with E-state index < -0.39 is 18.0 Å². The van der Waals surface area contributed by atoms with Crippen LogP contribution in [0.5, 0.6) is 5.75 Å². The van der Waals surface area contributed by atoms with E-state index >= 15 is 0 Å². The molecular formula is C18H20Cl2O4. The molecule has 1 N–H and O–H groups in total. The maximum Gasteiger partial charge on any atom is 0.341 e. The molecule has 0 bridgehead atoms. The van der Waals surface area contributed by atoms with E-state index in [2.05, 4.69) is 6.92 Å². The van der Waals surface area contributed by atoms with E-state index in [-0.39, 0.29) is 21.6 Å². The second kappa shape index (κ2) is 6.57. The quantitative estimate of drug-likeness (QED) is 0.809. The summed E-state index contributed by atoms with van der Waals surface area (Å²) in [5, 5.41) is 9.08. The van der Waals surface area contributed by atoms with Crippen molar-refractivity contribution in [3.8, 4) is 5.75 Å². The highest BCUT2D eigenvalue weighted by Crippen LogP contribution is 2.54. The van der Waals surface area contributed by atoms with Crippen molar-refractivity contribution in [2.45, 2.75) is 45.4 Å². The van der Waals surface area contributed by atoms with Crippen LogP contribution in [0, 0.1) is 11.3 Å². The summed E-state index contributed by atoms with van der Waals surface area (Å²) >= 11 is 12.6. The van der Waals surface area contributed by atoms with Gasteiger partial charge in [-0.2, -0.15) is 0 Å². The van der Waals surface area contributed by atoms with Gasteiger partial charge in [0.25, 0.3) is 0 Å². The average Bonchev–Trinajstić information content (AvgIpc) is 3.16. The molecule has 130 valence electrons. The number of Topliss-reactive ketones (excluding diaryl/α,β-unsaturated/α-hetero) is 1. The van der Waals surface area contributed by atoms with Gasteiger partial charge >= 0.3 is 5.97 Å². The first-order valence-electron chi connectivity index (χ1n) is 8.31. The van der Waals surface area contributed by atoms with Crippen molar-refractivity contribution in [1.82, 2.24) is 0 Å². The maximum atomic E-state index is 13.2. The molecule has 0 amide bonds. The normalized spacial score (nSPS) is 23.5. The SMILES string of the molecule is CCC1(C2CCCC2)Cc2cc(OCC(=O)O)c(Cl)c(Cl)c2C1=O. The van der Waals surface area contributed by atoms with Gasteiger partial charge in [-0.25, -0.2) is 4.79 Å². The van der Waals surface area contributed by atoms with Crippen LogP contribution >= 0.6 is 23.2 Å². The maximum absolute atomic E-state index is 13.2. The average molecular weight is 371 g/mol. The number of rotatable bonds is 5. The zero-order valence-corrected chi connectivity index (χ0v) is 15.0. The van der Waals surface area contributed by atoms with Crippen LogP contribution in [0.4, 0.5) is 0 Å². The Morgan fingerprint density at radius 1 is 1.33 bits per heavy atom. The molecule has 0 heterocycles. The lowest BCUT2D eigenvalue weighted by molar-refractivity contribution is -0.139. The van der Waals surface area contributed by atoms with Gasteiger partial charge in [-0.3, -0.25) is 4.79 Å². The number of benzene rings is 1. The molecular weight excluding hydrogens is 351 g/mol. The van der Waals surface area contributed by atoms with Crippen LogP contribution in [-0.4, -0.2) is 23.5 Å². The summed E-state index contributed by atoms with van der Waals surface area (Å²) in [6.07, 6.45) is 5.87. The second-order valence-corrected chi connectivity index (χ2v) is 7.47. The molecule has 1 atom stereocenters. The first-order chi connectivity index (χ1) is 11.4. The molecule has 24 heavy (non-hydrogen) atoms. The molecule has 0 spiro atoms. The molecule has 1 aromatic carbocycles. The van der Waals surface area contributed by atoms with Crippen molar-refractivity contribution in [2.75, 3.05) is 6.61 Å². The zero-order chi connectivity index (χ0) is 17.5. The molecule has 1 fully saturated rings. The summed E-state index contributed by atoms with van der Waals surface area (Å²) < 4.78 is 5.24. The van der Waals surface area contributed by atoms with Crippen molar-refractivity contribution < 1.29 is 19.4 Å². The Morgan fingerprint density at radius 2 is 2.00 bits per heavy atom. The highest BCUT2D eigenvalue weighted by atomic mass is 35.5. The van der Waals surface area contributed by atoms with Gasteiger partial charge in [0.1, 0.15) is 10.8 Å². The topological polar surface area (TPSA) is 63.6 Å². The highest BCUT2D eigenvalue weighted by Gasteiger charge is 2.51. The van der Waals surface area contributed by atoms with Crippen LogP contribution in [0.2, 0.25) is 10.0 Å². The Balaban J connectivity index is 2.01. The van der Waals surface area contributed by atoms with E-state index in [9.17, 15) is 9.59 Å². The van der Waals surface area contributed by atoms with Crippen LogP contribution in [0.3, 0.4) is 0 Å². The molecule has 2 aliphatic rings. The number of hydrogen-bond acceptors (Lipinski definition) is 3. The van der Waals surface area contributed by atoms with E-state index in [1.165, 1.54) is 0 Å². The van der Waals surface area contributed by atoms with Crippen molar-refractivity contribution in [2.24, 2.45) is 11.3 Å². The van der Waals surface area contributed by atoms with Crippen LogP contribution in [-0.2, 0) is 11.2 Å². The van der Waals surface area contributed by atoms with Gasteiger partial charge in [0.2, 0.25) is 0 Å². The number of halogens is 2. The van der Waals surface area contributed by atoms with Crippen LogP contribution in [0.15, 0.2) is 6.07 Å². The van der Waals surface area contributed by atoms with Crippen molar-refractivity contribution >= 4 is 35.0 Å². The first-order valence-corrected chi connectivity index (χ1v) is 9.06. The molecule has 1 unspecified atom stereocenters. The fourth-order valence-corrected chi connectivity index (χ4v) is 4.84. The summed E-state index contributed by atoms with van der Waals surface area (Å²) in [4.78, 5) is 23.9. The van der Waals surface area contributed by atoms with E-state index in [1.54, 1.807) is 6.07 Å². The number of carbonyl (C=O) groups is 2. The van der Waals surface area contributed by atoms with Crippen molar-refractivity contribution in [3.63, 3.8) is 0 Å². The minimum Gasteiger partial charge on any atom is -0.480 e. The molecule has 1 aromatic rings. The number of ketones is 1. The smallest absolute Gasteiger partial charge is 0.341 e.